The number of aliphatic hydroxyl groups is 1. The number of fused-ring (bicyclic) bond motifs is 7. The van der Waals surface area contributed by atoms with Crippen LogP contribution in [-0.2, 0) is 14.3 Å². The molecule has 0 aromatic heterocycles. The molecule has 0 spiro atoms. The smallest absolute Gasteiger partial charge is 0.311 e. The van der Waals surface area contributed by atoms with Gasteiger partial charge in [-0.15, -0.1) is 0 Å². The maximum absolute atomic E-state index is 14.4. The van der Waals surface area contributed by atoms with E-state index in [0.29, 0.717) is 18.4 Å². The summed E-state index contributed by atoms with van der Waals surface area (Å²) in [7, 11) is 1.47. The van der Waals surface area contributed by atoms with Crippen molar-refractivity contribution in [3.05, 3.63) is 23.0 Å². The van der Waals surface area contributed by atoms with Gasteiger partial charge in [-0.05, 0) is 97.9 Å². The Bertz CT molecular complexity index is 1170. The van der Waals surface area contributed by atoms with Crippen molar-refractivity contribution in [2.45, 2.75) is 99.8 Å². The van der Waals surface area contributed by atoms with E-state index in [1.807, 2.05) is 13.0 Å². The molecule has 0 heterocycles. The first-order chi connectivity index (χ1) is 17.0. The number of esters is 1. The second-order valence-corrected chi connectivity index (χ2v) is 15.1. The van der Waals surface area contributed by atoms with Gasteiger partial charge in [0.1, 0.15) is 5.76 Å². The summed E-state index contributed by atoms with van der Waals surface area (Å²) in [6.45, 7) is 15.5. The van der Waals surface area contributed by atoms with E-state index in [2.05, 4.69) is 47.6 Å². The number of nitriles is 1. The molecular formula is C32H45NO4. The van der Waals surface area contributed by atoms with Gasteiger partial charge in [-0.25, -0.2) is 0 Å². The van der Waals surface area contributed by atoms with Crippen LogP contribution in [0.25, 0.3) is 0 Å². The Labute approximate surface area is 222 Å². The first-order valence-corrected chi connectivity index (χ1v) is 14.2. The molecule has 5 rings (SSSR count). The number of aliphatic hydroxyl groups excluding tert-OH is 1. The third-order valence-corrected chi connectivity index (χ3v) is 13.0. The minimum Gasteiger partial charge on any atom is -0.511 e. The lowest BCUT2D eigenvalue weighted by Gasteiger charge is -2.69. The van der Waals surface area contributed by atoms with Crippen LogP contribution in [0.3, 0.4) is 0 Å². The van der Waals surface area contributed by atoms with Gasteiger partial charge in [0.05, 0.1) is 24.2 Å². The van der Waals surface area contributed by atoms with Crippen LogP contribution < -0.4 is 0 Å². The zero-order valence-electron chi connectivity index (χ0n) is 24.1. The van der Waals surface area contributed by atoms with Gasteiger partial charge in [-0.3, -0.25) is 9.59 Å². The number of hydrogen-bond donors (Lipinski definition) is 1. The topological polar surface area (TPSA) is 87.4 Å². The second-order valence-electron chi connectivity index (χ2n) is 15.1. The summed E-state index contributed by atoms with van der Waals surface area (Å²) in [5, 5.41) is 20.9. The van der Waals surface area contributed by atoms with Crippen molar-refractivity contribution in [2.75, 3.05) is 7.11 Å². The molecule has 0 unspecified atom stereocenters. The normalized spacial score (nSPS) is 48.5. The standard InChI is InChI=1S/C32H45NO4/c1-27(2)22-9-10-31(6)23(30(22,5)16-19(18-33)25(27)35)15-21(34)24-20-17-29(4,26(36)37-8)12-11-28(20,3)13-14-32(24,31)7/h15,20,22,24,35H,9-14,16-17H2,1-8H3/t20-,22-,24-,28+,29-,30-,31+,32+/m0/s1. The summed E-state index contributed by atoms with van der Waals surface area (Å²) in [6, 6.07) is 2.29. The number of methoxy groups -OCH3 is 1. The molecule has 5 heteroatoms. The third-order valence-electron chi connectivity index (χ3n) is 13.0. The molecule has 202 valence electrons. The van der Waals surface area contributed by atoms with Crippen LogP contribution in [0, 0.1) is 61.6 Å². The van der Waals surface area contributed by atoms with E-state index in [-0.39, 0.29) is 56.9 Å². The van der Waals surface area contributed by atoms with Crippen LogP contribution in [0.5, 0.6) is 0 Å². The molecule has 5 aliphatic rings. The minimum atomic E-state index is -0.552. The number of nitrogens with zero attached hydrogens (tertiary/aromatic N) is 1. The molecule has 8 atom stereocenters. The molecule has 0 bridgehead atoms. The van der Waals surface area contributed by atoms with Crippen molar-refractivity contribution in [2.24, 2.45) is 50.2 Å². The minimum absolute atomic E-state index is 0.0471. The van der Waals surface area contributed by atoms with Crippen molar-refractivity contribution in [1.82, 2.24) is 0 Å². The first kappa shape index (κ1) is 26.5. The maximum atomic E-state index is 14.4. The fourth-order valence-electron chi connectivity index (χ4n) is 10.4. The predicted molar refractivity (Wildman–Crippen MR) is 142 cm³/mol. The highest BCUT2D eigenvalue weighted by Crippen LogP contribution is 2.75. The second kappa shape index (κ2) is 7.73. The average Bonchev–Trinajstić information content (AvgIpc) is 2.83. The molecule has 0 saturated heterocycles. The quantitative estimate of drug-likeness (QED) is 0.383. The van der Waals surface area contributed by atoms with Gasteiger partial charge in [-0.1, -0.05) is 47.1 Å². The van der Waals surface area contributed by atoms with Crippen molar-refractivity contribution < 1.29 is 19.4 Å². The molecular weight excluding hydrogens is 462 g/mol. The van der Waals surface area contributed by atoms with Crippen LogP contribution in [0.4, 0.5) is 0 Å². The van der Waals surface area contributed by atoms with E-state index in [0.717, 1.165) is 38.5 Å². The summed E-state index contributed by atoms with van der Waals surface area (Å²) >= 11 is 0. The van der Waals surface area contributed by atoms with Crippen molar-refractivity contribution in [1.29, 1.82) is 5.26 Å². The molecule has 5 nitrogen and oxygen atoms in total. The van der Waals surface area contributed by atoms with Gasteiger partial charge in [0, 0.05) is 11.3 Å². The molecule has 37 heavy (non-hydrogen) atoms. The molecule has 0 aromatic carbocycles. The fraction of sp³-hybridized carbons (Fsp3) is 0.781. The van der Waals surface area contributed by atoms with Gasteiger partial charge >= 0.3 is 5.97 Å². The van der Waals surface area contributed by atoms with Crippen molar-refractivity contribution >= 4 is 11.8 Å². The number of ketones is 1. The zero-order valence-corrected chi connectivity index (χ0v) is 24.1. The monoisotopic (exact) mass is 507 g/mol. The summed E-state index contributed by atoms with van der Waals surface area (Å²) in [6.07, 6.45) is 8.90. The molecule has 3 fully saturated rings. The zero-order chi connectivity index (χ0) is 27.4. The molecule has 1 N–H and O–H groups in total. The van der Waals surface area contributed by atoms with Crippen molar-refractivity contribution in [3.8, 4) is 6.07 Å². The predicted octanol–water partition coefficient (Wildman–Crippen LogP) is 7.09. The van der Waals surface area contributed by atoms with Crippen molar-refractivity contribution in [3.63, 3.8) is 0 Å². The fourth-order valence-corrected chi connectivity index (χ4v) is 10.4. The molecule has 3 saturated carbocycles. The largest absolute Gasteiger partial charge is 0.511 e. The van der Waals surface area contributed by atoms with Gasteiger partial charge in [-0.2, -0.15) is 5.26 Å². The molecule has 0 aromatic rings. The molecule has 0 aliphatic heterocycles. The lowest BCUT2D eigenvalue weighted by atomic mass is 9.34. The summed E-state index contributed by atoms with van der Waals surface area (Å²) in [5.41, 5.74) is -0.116. The summed E-state index contributed by atoms with van der Waals surface area (Å²) in [5.74, 6) is 0.456. The molecule has 5 aliphatic carbocycles. The van der Waals surface area contributed by atoms with E-state index >= 15 is 0 Å². The van der Waals surface area contributed by atoms with Crippen LogP contribution in [-0.4, -0.2) is 24.0 Å². The number of carbonyl (C=O) groups is 2. The van der Waals surface area contributed by atoms with E-state index in [4.69, 9.17) is 4.74 Å². The third kappa shape index (κ3) is 3.14. The number of rotatable bonds is 1. The van der Waals surface area contributed by atoms with Crippen LogP contribution in [0.2, 0.25) is 0 Å². The number of hydrogen-bond acceptors (Lipinski definition) is 5. The lowest BCUT2D eigenvalue weighted by Crippen LogP contribution is -2.64. The Morgan fingerprint density at radius 1 is 1.05 bits per heavy atom. The SMILES string of the molecule is COC(=O)[C@@]1(C)CC[C@]2(C)CC[C@]3(C)[C@H](C(=O)C=C4[C@@]5(C)CC(C#N)=C(O)C(C)(C)[C@@H]5CC[C@]43C)[C@@H]2C1. The Morgan fingerprint density at radius 3 is 2.32 bits per heavy atom. The molecule has 0 amide bonds. The highest BCUT2D eigenvalue weighted by atomic mass is 16.5. The van der Waals surface area contributed by atoms with Crippen LogP contribution in [0.1, 0.15) is 99.8 Å². The average molecular weight is 508 g/mol. The maximum Gasteiger partial charge on any atom is 0.311 e. The van der Waals surface area contributed by atoms with E-state index in [1.54, 1.807) is 0 Å². The van der Waals surface area contributed by atoms with Crippen LogP contribution in [0.15, 0.2) is 23.0 Å². The van der Waals surface area contributed by atoms with Gasteiger partial charge in [0.2, 0.25) is 0 Å². The van der Waals surface area contributed by atoms with Gasteiger partial charge < -0.3 is 9.84 Å². The Hall–Kier alpha value is -2.09. The number of ether oxygens (including phenoxy) is 1. The highest BCUT2D eigenvalue weighted by molar-refractivity contribution is 5.95. The van der Waals surface area contributed by atoms with E-state index in [9.17, 15) is 20.0 Å². The van der Waals surface area contributed by atoms with Gasteiger partial charge in [0.15, 0.2) is 5.78 Å². The summed E-state index contributed by atoms with van der Waals surface area (Å²) in [4.78, 5) is 27.2. The Morgan fingerprint density at radius 2 is 1.70 bits per heavy atom. The number of allylic oxidation sites excluding steroid dienone is 4. The lowest BCUT2D eigenvalue weighted by molar-refractivity contribution is -0.180. The summed E-state index contributed by atoms with van der Waals surface area (Å²) < 4.78 is 5.23. The first-order valence-electron chi connectivity index (χ1n) is 14.2. The highest BCUT2D eigenvalue weighted by Gasteiger charge is 2.69. The van der Waals surface area contributed by atoms with E-state index in [1.165, 1.54) is 12.7 Å². The van der Waals surface area contributed by atoms with E-state index < -0.39 is 10.8 Å². The van der Waals surface area contributed by atoms with Gasteiger partial charge in [0.25, 0.3) is 0 Å². The number of carbonyl (C=O) groups excluding carboxylic acids is 2. The van der Waals surface area contributed by atoms with Crippen LogP contribution >= 0.6 is 0 Å². The molecule has 0 radical (unpaired) electrons. The Balaban J connectivity index is 1.64. The Kier molecular flexibility index (Phi) is 5.54.